The third kappa shape index (κ3) is 4.51. The van der Waals surface area contributed by atoms with E-state index in [1.165, 1.54) is 18.1 Å². The first-order valence-corrected chi connectivity index (χ1v) is 14.0. The maximum atomic E-state index is 13.9. The molecule has 0 saturated heterocycles. The Morgan fingerprint density at radius 3 is 2.49 bits per heavy atom. The van der Waals surface area contributed by atoms with E-state index in [-0.39, 0.29) is 48.3 Å². The monoisotopic (exact) mass is 528 g/mol. The summed E-state index contributed by atoms with van der Waals surface area (Å²) in [4.78, 5) is 49.7. The third-order valence-electron chi connectivity index (χ3n) is 9.91. The predicted molar refractivity (Wildman–Crippen MR) is 146 cm³/mol. The number of aliphatic hydroxyl groups excluding tert-OH is 1. The summed E-state index contributed by atoms with van der Waals surface area (Å²) in [6.07, 6.45) is 6.87. The highest BCUT2D eigenvalue weighted by Gasteiger charge is 2.65. The minimum Gasteiger partial charge on any atom is -0.458 e. The lowest BCUT2D eigenvalue weighted by Gasteiger charge is -2.54. The molecule has 5 rings (SSSR count). The highest BCUT2D eigenvalue weighted by molar-refractivity contribution is 5.94. The van der Waals surface area contributed by atoms with Crippen LogP contribution in [0.5, 0.6) is 0 Å². The molecule has 1 N–H and O–H groups in total. The van der Waals surface area contributed by atoms with Crippen molar-refractivity contribution >= 4 is 23.3 Å². The molecule has 0 aromatic heterocycles. The van der Waals surface area contributed by atoms with Crippen LogP contribution in [0, 0.1) is 34.5 Å². The number of ketones is 3. The van der Waals surface area contributed by atoms with Crippen LogP contribution in [0.25, 0.3) is 0 Å². The van der Waals surface area contributed by atoms with Crippen LogP contribution in [0.4, 0.5) is 0 Å². The van der Waals surface area contributed by atoms with Crippen LogP contribution in [0.1, 0.15) is 87.6 Å². The predicted octanol–water partition coefficient (Wildman–Crippen LogP) is 4.90. The van der Waals surface area contributed by atoms with Crippen molar-refractivity contribution in [2.24, 2.45) is 22.7 Å². The Morgan fingerprint density at radius 2 is 1.82 bits per heavy atom. The van der Waals surface area contributed by atoms with E-state index in [0.29, 0.717) is 24.8 Å². The van der Waals surface area contributed by atoms with Gasteiger partial charge in [-0.15, -0.1) is 0 Å². The van der Waals surface area contributed by atoms with Crippen molar-refractivity contribution in [3.05, 3.63) is 58.2 Å². The van der Waals surface area contributed by atoms with Crippen LogP contribution in [0.15, 0.2) is 47.1 Å². The number of ether oxygens (including phenoxy) is 1. The first-order chi connectivity index (χ1) is 18.6. The molecule has 4 aliphatic carbocycles. The van der Waals surface area contributed by atoms with Gasteiger partial charge in [-0.25, -0.2) is 0 Å². The maximum absolute atomic E-state index is 13.9. The Morgan fingerprint density at radius 1 is 1.08 bits per heavy atom. The van der Waals surface area contributed by atoms with E-state index in [4.69, 9.17) is 4.74 Å². The summed E-state index contributed by atoms with van der Waals surface area (Å²) >= 11 is 0. The summed E-state index contributed by atoms with van der Waals surface area (Å²) in [7, 11) is 0. The van der Waals surface area contributed by atoms with Crippen molar-refractivity contribution < 1.29 is 29.0 Å². The Hall–Kier alpha value is -3.30. The van der Waals surface area contributed by atoms with E-state index in [1.54, 1.807) is 6.92 Å². The number of hydrogen-bond donors (Lipinski definition) is 1. The van der Waals surface area contributed by atoms with Crippen LogP contribution < -0.4 is 0 Å². The van der Waals surface area contributed by atoms with Gasteiger partial charge in [-0.05, 0) is 85.5 Å². The minimum absolute atomic E-state index is 0.000845. The van der Waals surface area contributed by atoms with Crippen molar-refractivity contribution in [2.75, 3.05) is 13.2 Å². The van der Waals surface area contributed by atoms with Gasteiger partial charge >= 0.3 is 5.97 Å². The normalized spacial score (nSPS) is 31.2. The SMILES string of the molecule is CC(=O)OCC(=O)[C@@]1(C#CCO)CC[C@H]2[C@@H]3CCC4=CC(=O)CCC4=C3[C@@H](c3ccc(C(C)=O)cc3)C[C@@]21C. The van der Waals surface area contributed by atoms with Gasteiger partial charge in [0.25, 0.3) is 0 Å². The molecule has 6 nitrogen and oxygen atoms in total. The van der Waals surface area contributed by atoms with E-state index in [0.717, 1.165) is 36.8 Å². The molecule has 0 radical (unpaired) electrons. The molecular formula is C33H36O6. The third-order valence-corrected chi connectivity index (χ3v) is 9.91. The summed E-state index contributed by atoms with van der Waals surface area (Å²) in [5, 5.41) is 9.62. The highest BCUT2D eigenvalue weighted by atomic mass is 16.5. The molecule has 2 saturated carbocycles. The largest absolute Gasteiger partial charge is 0.458 e. The topological polar surface area (TPSA) is 97.7 Å². The number of carbonyl (C=O) groups is 4. The number of Topliss-reactive ketones (excluding diaryl/α,β-unsaturated/α-hetero) is 2. The zero-order valence-electron chi connectivity index (χ0n) is 23.0. The fourth-order valence-corrected chi connectivity index (χ4v) is 8.15. The van der Waals surface area contributed by atoms with E-state index in [9.17, 15) is 24.3 Å². The van der Waals surface area contributed by atoms with Gasteiger partial charge in [-0.3, -0.25) is 19.2 Å². The van der Waals surface area contributed by atoms with Gasteiger partial charge in [-0.2, -0.15) is 0 Å². The van der Waals surface area contributed by atoms with Crippen molar-refractivity contribution in [3.63, 3.8) is 0 Å². The van der Waals surface area contributed by atoms with Crippen LogP contribution in [0.3, 0.4) is 0 Å². The molecule has 0 bridgehead atoms. The summed E-state index contributed by atoms with van der Waals surface area (Å²) in [6, 6.07) is 7.79. The van der Waals surface area contributed by atoms with Crippen LogP contribution in [0.2, 0.25) is 0 Å². The quantitative estimate of drug-likeness (QED) is 0.332. The fraction of sp³-hybridized carbons (Fsp3) is 0.515. The second-order valence-corrected chi connectivity index (χ2v) is 11.8. The number of esters is 1. The van der Waals surface area contributed by atoms with Crippen molar-refractivity contribution in [2.45, 2.75) is 71.6 Å². The minimum atomic E-state index is -1.04. The first-order valence-electron chi connectivity index (χ1n) is 14.0. The fourth-order valence-electron chi connectivity index (χ4n) is 8.15. The number of allylic oxidation sites excluding steroid dienone is 4. The zero-order chi connectivity index (χ0) is 27.9. The number of rotatable bonds is 5. The van der Waals surface area contributed by atoms with Gasteiger partial charge in [0.1, 0.15) is 6.61 Å². The first kappa shape index (κ1) is 27.3. The molecule has 39 heavy (non-hydrogen) atoms. The Bertz CT molecular complexity index is 1350. The molecule has 0 amide bonds. The standard InChI is InChI=1S/C33H36O6/c1-20(35)22-5-7-23(8-6-22)28-18-32(3)29(27-11-9-24-17-25(37)10-12-26(24)31(27)28)13-15-33(32,14-4-16-34)30(38)19-39-21(2)36/h5-8,17,27-29,34H,9-13,15-16,18-19H2,1-3H3/t27-,28+,29-,32-,33+/m0/s1. The number of carbonyl (C=O) groups excluding carboxylic acids is 4. The van der Waals surface area contributed by atoms with Gasteiger partial charge in [0.15, 0.2) is 24.0 Å². The molecule has 0 unspecified atom stereocenters. The molecule has 5 atom stereocenters. The average molecular weight is 529 g/mol. The zero-order valence-corrected chi connectivity index (χ0v) is 23.0. The van der Waals surface area contributed by atoms with Gasteiger partial charge in [0.2, 0.25) is 0 Å². The van der Waals surface area contributed by atoms with E-state index in [2.05, 4.69) is 18.8 Å². The summed E-state index contributed by atoms with van der Waals surface area (Å²) in [6.45, 7) is 4.33. The van der Waals surface area contributed by atoms with Crippen LogP contribution >= 0.6 is 0 Å². The average Bonchev–Trinajstić information content (AvgIpc) is 3.22. The summed E-state index contributed by atoms with van der Waals surface area (Å²) in [5.41, 5.74) is 4.03. The summed E-state index contributed by atoms with van der Waals surface area (Å²) < 4.78 is 5.18. The summed E-state index contributed by atoms with van der Waals surface area (Å²) in [5.74, 6) is 5.92. The number of aliphatic hydroxyl groups is 1. The van der Waals surface area contributed by atoms with Gasteiger partial charge in [-0.1, -0.05) is 48.6 Å². The maximum Gasteiger partial charge on any atom is 0.303 e. The van der Waals surface area contributed by atoms with Gasteiger partial charge in [0.05, 0.1) is 5.41 Å². The van der Waals surface area contributed by atoms with E-state index in [1.807, 2.05) is 30.3 Å². The van der Waals surface area contributed by atoms with Crippen LogP contribution in [-0.4, -0.2) is 41.6 Å². The van der Waals surface area contributed by atoms with Crippen molar-refractivity contribution in [1.29, 1.82) is 0 Å². The molecule has 0 spiro atoms. The van der Waals surface area contributed by atoms with Gasteiger partial charge < -0.3 is 9.84 Å². The Labute approximate surface area is 229 Å². The second kappa shape index (κ2) is 10.4. The second-order valence-electron chi connectivity index (χ2n) is 11.8. The molecule has 204 valence electrons. The number of benzene rings is 1. The number of hydrogen-bond acceptors (Lipinski definition) is 6. The van der Waals surface area contributed by atoms with E-state index >= 15 is 0 Å². The lowest BCUT2D eigenvalue weighted by Crippen LogP contribution is -2.51. The van der Waals surface area contributed by atoms with Gasteiger partial charge in [0, 0.05) is 24.8 Å². The van der Waals surface area contributed by atoms with E-state index < -0.39 is 16.8 Å². The molecular weight excluding hydrogens is 492 g/mol. The van der Waals surface area contributed by atoms with Crippen molar-refractivity contribution in [1.82, 2.24) is 0 Å². The highest BCUT2D eigenvalue weighted by Crippen LogP contribution is 2.69. The number of fused-ring (bicyclic) bond motifs is 4. The lowest BCUT2D eigenvalue weighted by atomic mass is 9.48. The molecule has 6 heteroatoms. The molecule has 0 heterocycles. The molecule has 1 aromatic carbocycles. The Balaban J connectivity index is 1.67. The Kier molecular flexibility index (Phi) is 7.24. The molecule has 2 fully saturated rings. The smallest absolute Gasteiger partial charge is 0.303 e. The molecule has 4 aliphatic rings. The molecule has 1 aromatic rings. The molecule has 0 aliphatic heterocycles. The lowest BCUT2D eigenvalue weighted by molar-refractivity contribution is -0.150. The van der Waals surface area contributed by atoms with Crippen molar-refractivity contribution in [3.8, 4) is 11.8 Å². The van der Waals surface area contributed by atoms with Crippen LogP contribution in [-0.2, 0) is 19.1 Å².